The lowest BCUT2D eigenvalue weighted by Gasteiger charge is -2.22. The maximum Gasteiger partial charge on any atom is 0.255 e. The molecule has 0 spiro atoms. The Morgan fingerprint density at radius 1 is 1.28 bits per heavy atom. The van der Waals surface area contributed by atoms with E-state index in [2.05, 4.69) is 15.4 Å². The summed E-state index contributed by atoms with van der Waals surface area (Å²) in [5, 5.41) is 7.19. The van der Waals surface area contributed by atoms with Crippen LogP contribution in [0.5, 0.6) is 0 Å². The summed E-state index contributed by atoms with van der Waals surface area (Å²) in [5.41, 5.74) is 4.04. The van der Waals surface area contributed by atoms with Gasteiger partial charge in [0.2, 0.25) is 0 Å². The summed E-state index contributed by atoms with van der Waals surface area (Å²) in [4.78, 5) is 17.4. The molecule has 0 aliphatic carbocycles. The van der Waals surface area contributed by atoms with Crippen LogP contribution in [0.2, 0.25) is 0 Å². The van der Waals surface area contributed by atoms with E-state index in [1.165, 1.54) is 6.07 Å². The molecule has 1 aliphatic rings. The van der Waals surface area contributed by atoms with E-state index in [0.717, 1.165) is 36.1 Å². The molecule has 1 unspecified atom stereocenters. The molecular weight excluding hydrogens is 409 g/mol. The number of rotatable bonds is 5. The molecule has 164 valence electrons. The maximum atomic E-state index is 15.0. The first kappa shape index (κ1) is 20.4. The number of amides is 1. The number of nitrogens with one attached hydrogen (secondary N) is 1. The Kier molecular flexibility index (Phi) is 5.45. The van der Waals surface area contributed by atoms with Crippen molar-refractivity contribution in [3.05, 3.63) is 72.1 Å². The summed E-state index contributed by atoms with van der Waals surface area (Å²) >= 11 is 0. The van der Waals surface area contributed by atoms with Crippen molar-refractivity contribution in [2.24, 2.45) is 7.05 Å². The number of halogens is 1. The number of fused-ring (bicyclic) bond motifs is 1. The highest BCUT2D eigenvalue weighted by molar-refractivity contribution is 6.05. The Labute approximate surface area is 184 Å². The third-order valence-electron chi connectivity index (χ3n) is 5.81. The lowest BCUT2D eigenvalue weighted by molar-refractivity contribution is 0.0624. The fourth-order valence-electron chi connectivity index (χ4n) is 4.15. The van der Waals surface area contributed by atoms with Crippen LogP contribution in [0.3, 0.4) is 0 Å². The van der Waals surface area contributed by atoms with Crippen molar-refractivity contribution in [2.45, 2.75) is 25.4 Å². The van der Waals surface area contributed by atoms with Gasteiger partial charge in [-0.15, -0.1) is 0 Å². The van der Waals surface area contributed by atoms with Gasteiger partial charge < -0.3 is 14.6 Å². The van der Waals surface area contributed by atoms with Gasteiger partial charge >= 0.3 is 0 Å². The number of carbonyl (C=O) groups is 1. The molecule has 32 heavy (non-hydrogen) atoms. The molecule has 1 N–H and O–H groups in total. The zero-order valence-electron chi connectivity index (χ0n) is 17.8. The number of hydrogen-bond acceptors (Lipinski definition) is 4. The number of aromatic nitrogens is 4. The molecule has 5 rings (SSSR count). The third kappa shape index (κ3) is 4.01. The number of hydrogen-bond donors (Lipinski definition) is 1. The number of carbonyl (C=O) groups excluding carboxylic acids is 1. The topological polar surface area (TPSA) is 74.0 Å². The van der Waals surface area contributed by atoms with Crippen molar-refractivity contribution in [3.8, 4) is 11.1 Å². The second-order valence-electron chi connectivity index (χ2n) is 8.14. The van der Waals surface area contributed by atoms with Crippen molar-refractivity contribution in [2.75, 3.05) is 13.2 Å². The Morgan fingerprint density at radius 3 is 2.94 bits per heavy atom. The Balaban J connectivity index is 1.43. The predicted molar refractivity (Wildman–Crippen MR) is 119 cm³/mol. The summed E-state index contributed by atoms with van der Waals surface area (Å²) in [6.07, 6.45) is 8.80. The van der Waals surface area contributed by atoms with E-state index in [0.29, 0.717) is 29.8 Å². The molecule has 1 atom stereocenters. The zero-order chi connectivity index (χ0) is 22.1. The van der Waals surface area contributed by atoms with Crippen LogP contribution in [0.4, 0.5) is 4.39 Å². The molecule has 1 saturated heterocycles. The van der Waals surface area contributed by atoms with Crippen LogP contribution in [0.15, 0.2) is 55.1 Å². The number of benzene rings is 1. The molecular formula is C24H24FN5O2. The fourth-order valence-corrected chi connectivity index (χ4v) is 4.15. The van der Waals surface area contributed by atoms with Crippen molar-refractivity contribution >= 4 is 16.9 Å². The average molecular weight is 433 g/mol. The molecule has 0 radical (unpaired) electrons. The quantitative estimate of drug-likeness (QED) is 0.523. The molecule has 4 heterocycles. The molecule has 0 saturated carbocycles. The highest BCUT2D eigenvalue weighted by atomic mass is 19.1. The third-order valence-corrected chi connectivity index (χ3v) is 5.81. The SMILES string of the molecule is Cn1cc(-c2ccc(Cn3cc(C(=O)NC4CCCOC4)c4ncccc43)c(F)c2)cn1. The molecule has 3 aromatic heterocycles. The predicted octanol–water partition coefficient (Wildman–Crippen LogP) is 3.53. The van der Waals surface area contributed by atoms with Crippen molar-refractivity contribution < 1.29 is 13.9 Å². The highest BCUT2D eigenvalue weighted by Crippen LogP contribution is 2.25. The largest absolute Gasteiger partial charge is 0.379 e. The Morgan fingerprint density at radius 2 is 2.19 bits per heavy atom. The highest BCUT2D eigenvalue weighted by Gasteiger charge is 2.21. The number of ether oxygens (including phenoxy) is 1. The van der Waals surface area contributed by atoms with Crippen LogP contribution in [0.1, 0.15) is 28.8 Å². The lowest BCUT2D eigenvalue weighted by Crippen LogP contribution is -2.40. The number of nitrogens with zero attached hydrogens (tertiary/aromatic N) is 4. The standard InChI is InChI=1S/C24H24FN5O2/c1-29-12-18(11-27-29)16-6-7-17(21(25)10-16)13-30-14-20(23-22(30)5-2-8-26-23)24(31)28-19-4-3-9-32-15-19/h2,5-8,10-12,14,19H,3-4,9,13,15H2,1H3,(H,28,31). The van der Waals surface area contributed by atoms with Gasteiger partial charge in [-0.3, -0.25) is 14.5 Å². The monoisotopic (exact) mass is 433 g/mol. The first-order chi connectivity index (χ1) is 15.6. The summed E-state index contributed by atoms with van der Waals surface area (Å²) in [7, 11) is 1.83. The number of aryl methyl sites for hydroxylation is 1. The molecule has 0 bridgehead atoms. The maximum absolute atomic E-state index is 15.0. The van der Waals surface area contributed by atoms with Gasteiger partial charge in [-0.2, -0.15) is 5.10 Å². The summed E-state index contributed by atoms with van der Waals surface area (Å²) in [6, 6.07) is 8.89. The normalized spacial score (nSPS) is 16.4. The van der Waals surface area contributed by atoms with E-state index in [1.54, 1.807) is 29.3 Å². The van der Waals surface area contributed by atoms with Crippen LogP contribution >= 0.6 is 0 Å². The van der Waals surface area contributed by atoms with Gasteiger partial charge in [0.05, 0.1) is 36.5 Å². The first-order valence-electron chi connectivity index (χ1n) is 10.7. The molecule has 1 fully saturated rings. The van der Waals surface area contributed by atoms with Crippen molar-refractivity contribution in [3.63, 3.8) is 0 Å². The second-order valence-corrected chi connectivity index (χ2v) is 8.14. The molecule has 1 aliphatic heterocycles. The van der Waals surface area contributed by atoms with Crippen LogP contribution in [0, 0.1) is 5.82 Å². The summed E-state index contributed by atoms with van der Waals surface area (Å²) in [6.45, 7) is 1.55. The van der Waals surface area contributed by atoms with Gasteiger partial charge in [0.15, 0.2) is 0 Å². The van der Waals surface area contributed by atoms with E-state index in [9.17, 15) is 9.18 Å². The van der Waals surface area contributed by atoms with E-state index in [-0.39, 0.29) is 17.8 Å². The van der Waals surface area contributed by atoms with Crippen LogP contribution in [0.25, 0.3) is 22.2 Å². The van der Waals surface area contributed by atoms with E-state index < -0.39 is 0 Å². The molecule has 7 nitrogen and oxygen atoms in total. The minimum atomic E-state index is -0.303. The van der Waals surface area contributed by atoms with Crippen LogP contribution in [-0.2, 0) is 18.3 Å². The average Bonchev–Trinajstić information content (AvgIpc) is 3.40. The lowest BCUT2D eigenvalue weighted by atomic mass is 10.1. The first-order valence-corrected chi connectivity index (χ1v) is 10.7. The Bertz CT molecular complexity index is 1270. The van der Waals surface area contributed by atoms with Gasteiger partial charge in [0, 0.05) is 43.4 Å². The van der Waals surface area contributed by atoms with Gasteiger partial charge in [-0.25, -0.2) is 4.39 Å². The van der Waals surface area contributed by atoms with E-state index in [1.807, 2.05) is 36.0 Å². The van der Waals surface area contributed by atoms with E-state index >= 15 is 0 Å². The fraction of sp³-hybridized carbons (Fsp3) is 0.292. The van der Waals surface area contributed by atoms with Crippen LogP contribution in [-0.4, -0.2) is 44.5 Å². The molecule has 8 heteroatoms. The van der Waals surface area contributed by atoms with E-state index in [4.69, 9.17) is 4.74 Å². The van der Waals surface area contributed by atoms with Crippen LogP contribution < -0.4 is 5.32 Å². The minimum Gasteiger partial charge on any atom is -0.379 e. The van der Waals surface area contributed by atoms with Gasteiger partial charge in [-0.05, 0) is 36.6 Å². The summed E-state index contributed by atoms with van der Waals surface area (Å²) < 4.78 is 24.0. The van der Waals surface area contributed by atoms with Gasteiger partial charge in [0.25, 0.3) is 5.91 Å². The molecule has 1 amide bonds. The molecule has 4 aromatic rings. The Hall–Kier alpha value is -3.52. The van der Waals surface area contributed by atoms with Gasteiger partial charge in [-0.1, -0.05) is 12.1 Å². The van der Waals surface area contributed by atoms with Crippen molar-refractivity contribution in [1.82, 2.24) is 24.6 Å². The second kappa shape index (κ2) is 8.55. The summed E-state index contributed by atoms with van der Waals surface area (Å²) in [5.74, 6) is -0.488. The van der Waals surface area contributed by atoms with Gasteiger partial charge in [0.1, 0.15) is 11.3 Å². The van der Waals surface area contributed by atoms with Crippen molar-refractivity contribution in [1.29, 1.82) is 0 Å². The molecule has 1 aromatic carbocycles. The number of pyridine rings is 1. The smallest absolute Gasteiger partial charge is 0.255 e. The minimum absolute atomic E-state index is 0.00386. The zero-order valence-corrected chi connectivity index (χ0v) is 17.8.